The summed E-state index contributed by atoms with van der Waals surface area (Å²) in [6.07, 6.45) is 1.77. The maximum absolute atomic E-state index is 11.1. The fraction of sp³-hybridized carbons (Fsp3) is 1.00. The van der Waals surface area contributed by atoms with Gasteiger partial charge in [-0.15, -0.1) is 0 Å². The van der Waals surface area contributed by atoms with Gasteiger partial charge in [-0.25, -0.2) is 8.42 Å². The van der Waals surface area contributed by atoms with Crippen molar-refractivity contribution in [2.45, 2.75) is 44.8 Å². The second-order valence-corrected chi connectivity index (χ2v) is 5.64. The highest BCUT2D eigenvalue weighted by molar-refractivity contribution is 8.14. The molecule has 0 fully saturated rings. The lowest BCUT2D eigenvalue weighted by molar-refractivity contribution is 0.478. The van der Waals surface area contributed by atoms with Gasteiger partial charge in [0.1, 0.15) is 0 Å². The van der Waals surface area contributed by atoms with Crippen LogP contribution in [0.25, 0.3) is 0 Å². The molecule has 0 atom stereocenters. The molecule has 0 aliphatic carbocycles. The van der Waals surface area contributed by atoms with Crippen LogP contribution in [0, 0.1) is 0 Å². The Kier molecular flexibility index (Phi) is 3.85. The van der Waals surface area contributed by atoms with Crippen LogP contribution >= 0.6 is 10.7 Å². The molecule has 0 bridgehead atoms. The Bertz CT molecular complexity index is 196. The van der Waals surface area contributed by atoms with Gasteiger partial charge in [-0.2, -0.15) is 0 Å². The summed E-state index contributed by atoms with van der Waals surface area (Å²) in [5, 5.41) is 0. The van der Waals surface area contributed by atoms with E-state index in [1.807, 2.05) is 20.8 Å². The highest BCUT2D eigenvalue weighted by atomic mass is 35.7. The van der Waals surface area contributed by atoms with Gasteiger partial charge in [-0.1, -0.05) is 20.8 Å². The minimum atomic E-state index is -3.40. The molecular formula is C7H15ClO2S. The average Bonchev–Trinajstić information content (AvgIpc) is 1.90. The van der Waals surface area contributed by atoms with Gasteiger partial charge < -0.3 is 0 Å². The smallest absolute Gasteiger partial charge is 0.212 e. The molecule has 0 rings (SSSR count). The number of hydrogen-bond donors (Lipinski definition) is 0. The zero-order valence-electron chi connectivity index (χ0n) is 7.22. The molecule has 11 heavy (non-hydrogen) atoms. The van der Waals surface area contributed by atoms with Crippen molar-refractivity contribution in [1.29, 1.82) is 0 Å². The lowest BCUT2D eigenvalue weighted by Crippen LogP contribution is -2.33. The molecular weight excluding hydrogens is 184 g/mol. The molecule has 0 radical (unpaired) electrons. The van der Waals surface area contributed by atoms with Gasteiger partial charge in [-0.05, 0) is 19.3 Å². The normalized spacial score (nSPS) is 13.5. The zero-order valence-corrected chi connectivity index (χ0v) is 8.80. The molecule has 4 heteroatoms. The molecule has 0 aromatic carbocycles. The van der Waals surface area contributed by atoms with Crippen molar-refractivity contribution in [3.05, 3.63) is 0 Å². The predicted molar refractivity (Wildman–Crippen MR) is 48.4 cm³/mol. The number of halogens is 1. The van der Waals surface area contributed by atoms with Gasteiger partial charge in [-0.3, -0.25) is 0 Å². The van der Waals surface area contributed by atoms with E-state index in [9.17, 15) is 8.42 Å². The summed E-state index contributed by atoms with van der Waals surface area (Å²) < 4.78 is 21.5. The van der Waals surface area contributed by atoms with Crippen LogP contribution in [0.15, 0.2) is 0 Å². The van der Waals surface area contributed by atoms with E-state index < -0.39 is 13.8 Å². The van der Waals surface area contributed by atoms with E-state index in [2.05, 4.69) is 0 Å². The Morgan fingerprint density at radius 3 is 1.36 bits per heavy atom. The fourth-order valence-electron chi connectivity index (χ4n) is 1.27. The average molecular weight is 199 g/mol. The van der Waals surface area contributed by atoms with Crippen LogP contribution in [0.4, 0.5) is 0 Å². The third kappa shape index (κ3) is 2.09. The SMILES string of the molecule is CCC(CC)(CC)S(=O)(=O)Cl. The van der Waals surface area contributed by atoms with E-state index in [-0.39, 0.29) is 0 Å². The highest BCUT2D eigenvalue weighted by Crippen LogP contribution is 2.32. The topological polar surface area (TPSA) is 34.1 Å². The molecule has 0 N–H and O–H groups in total. The summed E-state index contributed by atoms with van der Waals surface area (Å²) in [5.41, 5.74) is 0. The van der Waals surface area contributed by atoms with E-state index in [0.717, 1.165) is 0 Å². The maximum atomic E-state index is 11.1. The van der Waals surface area contributed by atoms with Gasteiger partial charge >= 0.3 is 0 Å². The molecule has 0 aromatic heterocycles. The molecule has 0 spiro atoms. The van der Waals surface area contributed by atoms with Gasteiger partial charge in [0.25, 0.3) is 0 Å². The highest BCUT2D eigenvalue weighted by Gasteiger charge is 2.37. The Hall–Kier alpha value is 0.240. The van der Waals surface area contributed by atoms with Gasteiger partial charge in [0, 0.05) is 10.7 Å². The van der Waals surface area contributed by atoms with Gasteiger partial charge in [0.15, 0.2) is 0 Å². The van der Waals surface area contributed by atoms with Gasteiger partial charge in [0.05, 0.1) is 4.75 Å². The van der Waals surface area contributed by atoms with Crippen LogP contribution in [-0.4, -0.2) is 13.2 Å². The third-order valence-corrected chi connectivity index (χ3v) is 5.33. The van der Waals surface area contributed by atoms with Gasteiger partial charge in [0.2, 0.25) is 9.05 Å². The molecule has 0 aliphatic heterocycles. The molecule has 2 nitrogen and oxygen atoms in total. The van der Waals surface area contributed by atoms with Crippen molar-refractivity contribution in [3.63, 3.8) is 0 Å². The summed E-state index contributed by atoms with van der Waals surface area (Å²) in [6, 6.07) is 0. The molecule has 0 amide bonds. The lowest BCUT2D eigenvalue weighted by atomic mass is 9.99. The number of hydrogen-bond acceptors (Lipinski definition) is 2. The van der Waals surface area contributed by atoms with Crippen LogP contribution in [0.5, 0.6) is 0 Å². The Labute approximate surface area is 73.4 Å². The van der Waals surface area contributed by atoms with Crippen molar-refractivity contribution in [2.24, 2.45) is 0 Å². The first kappa shape index (κ1) is 11.2. The summed E-state index contributed by atoms with van der Waals surface area (Å²) >= 11 is 0. The van der Waals surface area contributed by atoms with Crippen molar-refractivity contribution in [1.82, 2.24) is 0 Å². The first-order valence-electron chi connectivity index (χ1n) is 3.87. The van der Waals surface area contributed by atoms with E-state index in [1.54, 1.807) is 0 Å². The summed E-state index contributed by atoms with van der Waals surface area (Å²) in [4.78, 5) is 0. The maximum Gasteiger partial charge on any atom is 0.238 e. The second-order valence-electron chi connectivity index (χ2n) is 2.68. The fourth-order valence-corrected chi connectivity index (χ4v) is 3.28. The van der Waals surface area contributed by atoms with E-state index in [0.29, 0.717) is 19.3 Å². The van der Waals surface area contributed by atoms with E-state index in [1.165, 1.54) is 0 Å². The first-order chi connectivity index (χ1) is 4.93. The first-order valence-corrected chi connectivity index (χ1v) is 6.18. The second kappa shape index (κ2) is 3.76. The van der Waals surface area contributed by atoms with Crippen LogP contribution in [-0.2, 0) is 9.05 Å². The van der Waals surface area contributed by atoms with Crippen LogP contribution in [0.1, 0.15) is 40.0 Å². The summed E-state index contributed by atoms with van der Waals surface area (Å²) in [5.74, 6) is 0. The predicted octanol–water partition coefficient (Wildman–Crippen LogP) is 2.52. The van der Waals surface area contributed by atoms with Crippen molar-refractivity contribution in [3.8, 4) is 0 Å². The van der Waals surface area contributed by atoms with Crippen LogP contribution in [0.2, 0.25) is 0 Å². The molecule has 68 valence electrons. The minimum Gasteiger partial charge on any atom is -0.212 e. The molecule has 0 aromatic rings. The lowest BCUT2D eigenvalue weighted by Gasteiger charge is -2.25. The zero-order chi connectivity index (χ0) is 9.12. The van der Waals surface area contributed by atoms with Crippen molar-refractivity contribution >= 4 is 19.7 Å². The van der Waals surface area contributed by atoms with Crippen LogP contribution < -0.4 is 0 Å². The molecule has 0 aliphatic rings. The third-order valence-electron chi connectivity index (χ3n) is 2.45. The summed E-state index contributed by atoms with van der Waals surface area (Å²) in [7, 11) is 1.92. The Morgan fingerprint density at radius 1 is 1.09 bits per heavy atom. The monoisotopic (exact) mass is 198 g/mol. The largest absolute Gasteiger partial charge is 0.238 e. The van der Waals surface area contributed by atoms with E-state index >= 15 is 0 Å². The molecule has 0 heterocycles. The minimum absolute atomic E-state index is 0.589. The standard InChI is InChI=1S/C7H15ClO2S/c1-4-7(5-2,6-3)11(8,9)10/h4-6H2,1-3H3. The van der Waals surface area contributed by atoms with Crippen molar-refractivity contribution < 1.29 is 8.42 Å². The molecule has 0 saturated heterocycles. The quantitative estimate of drug-likeness (QED) is 0.651. The molecule has 0 saturated carbocycles. The molecule has 0 unspecified atom stereocenters. The van der Waals surface area contributed by atoms with E-state index in [4.69, 9.17) is 10.7 Å². The van der Waals surface area contributed by atoms with Crippen molar-refractivity contribution in [2.75, 3.05) is 0 Å². The Balaban J connectivity index is 4.86. The summed E-state index contributed by atoms with van der Waals surface area (Å²) in [6.45, 7) is 5.56. The van der Waals surface area contributed by atoms with Crippen LogP contribution in [0.3, 0.4) is 0 Å². The Morgan fingerprint density at radius 2 is 1.36 bits per heavy atom. The number of rotatable bonds is 4.